The molecule has 0 radical (unpaired) electrons. The van der Waals surface area contributed by atoms with Crippen molar-refractivity contribution in [1.29, 1.82) is 0 Å². The van der Waals surface area contributed by atoms with Crippen molar-refractivity contribution in [3.63, 3.8) is 0 Å². The minimum atomic E-state index is -0.869. The van der Waals surface area contributed by atoms with Gasteiger partial charge in [-0.2, -0.15) is 0 Å². The molecule has 0 aliphatic carbocycles. The summed E-state index contributed by atoms with van der Waals surface area (Å²) < 4.78 is 34.1. The molecule has 0 bridgehead atoms. The number of aromatic nitrogens is 2. The van der Waals surface area contributed by atoms with Crippen LogP contribution in [0, 0.1) is 5.92 Å². The molecule has 3 atom stereocenters. The van der Waals surface area contributed by atoms with Gasteiger partial charge in [0.2, 0.25) is 12.7 Å². The molecule has 242 valence electrons. The largest absolute Gasteiger partial charge is 0.516 e. The quantitative estimate of drug-likeness (QED) is 0.458. The molecule has 2 fully saturated rings. The molecular formula is C30H40BN5O9. The maximum Gasteiger partial charge on any atom is 0.516 e. The number of ether oxygens (including phenoxy) is 4. The first kappa shape index (κ1) is 31.0. The molecule has 0 spiro atoms. The van der Waals surface area contributed by atoms with E-state index in [9.17, 15) is 14.4 Å². The number of imidazole rings is 1. The predicted octanol–water partition coefficient (Wildman–Crippen LogP) is 2.61. The Bertz CT molecular complexity index is 1440. The van der Waals surface area contributed by atoms with Crippen LogP contribution in [0.4, 0.5) is 9.59 Å². The zero-order chi connectivity index (χ0) is 32.3. The van der Waals surface area contributed by atoms with Crippen LogP contribution < -0.4 is 20.4 Å². The van der Waals surface area contributed by atoms with Crippen molar-refractivity contribution in [2.24, 2.45) is 5.92 Å². The Morgan fingerprint density at radius 2 is 1.69 bits per heavy atom. The number of H-pyrrole nitrogens is 1. The summed E-state index contributed by atoms with van der Waals surface area (Å²) in [5.41, 5.74) is 1.38. The van der Waals surface area contributed by atoms with Gasteiger partial charge < -0.3 is 43.5 Å². The van der Waals surface area contributed by atoms with E-state index in [-0.39, 0.29) is 25.2 Å². The number of hydrogen-bond acceptors (Lipinski definition) is 10. The molecule has 1 aromatic heterocycles. The summed E-state index contributed by atoms with van der Waals surface area (Å²) in [5.74, 6) is 1.24. The van der Waals surface area contributed by atoms with Crippen molar-refractivity contribution >= 4 is 30.8 Å². The zero-order valence-corrected chi connectivity index (χ0v) is 26.7. The molecule has 4 aliphatic rings. The number of fused-ring (bicyclic) bond motifs is 2. The summed E-state index contributed by atoms with van der Waals surface area (Å²) in [6, 6.07) is 2.35. The van der Waals surface area contributed by atoms with Crippen LogP contribution in [0.3, 0.4) is 0 Å². The first-order valence-electron chi connectivity index (χ1n) is 15.2. The number of nitrogens with one attached hydrogen (secondary N) is 2. The van der Waals surface area contributed by atoms with Crippen molar-refractivity contribution in [3.8, 4) is 11.5 Å². The molecule has 45 heavy (non-hydrogen) atoms. The van der Waals surface area contributed by atoms with E-state index >= 15 is 0 Å². The van der Waals surface area contributed by atoms with Gasteiger partial charge in [-0.1, -0.05) is 13.8 Å². The van der Waals surface area contributed by atoms with Gasteiger partial charge in [-0.3, -0.25) is 9.69 Å². The number of nitrogens with zero attached hydrogens (tertiary/aromatic N) is 3. The third kappa shape index (κ3) is 5.78. The molecule has 2 N–H and O–H groups in total. The van der Waals surface area contributed by atoms with Crippen LogP contribution in [0.2, 0.25) is 0 Å². The number of aromatic amines is 1. The molecule has 1 aromatic carbocycles. The van der Waals surface area contributed by atoms with Gasteiger partial charge >= 0.3 is 19.3 Å². The van der Waals surface area contributed by atoms with Gasteiger partial charge in [-0.05, 0) is 56.9 Å². The number of hydrogen-bond donors (Lipinski definition) is 2. The highest BCUT2D eigenvalue weighted by Crippen LogP contribution is 2.40. The van der Waals surface area contributed by atoms with Crippen molar-refractivity contribution in [2.45, 2.75) is 90.4 Å². The van der Waals surface area contributed by atoms with Crippen LogP contribution in [0.1, 0.15) is 71.0 Å². The Morgan fingerprint density at radius 1 is 1.07 bits per heavy atom. The SMILES string of the molecule is COC(=O)NC(C(=O)N1CC(OC(=O)N2Cc3cc4c(cc3C2)OCO4)C[C@H]1c1nc(B2OC(C)(C)C(C)(C)O2)c[nH]1)C(C)C. The summed E-state index contributed by atoms with van der Waals surface area (Å²) in [6.07, 6.45) is 0.184. The molecule has 2 aromatic rings. The Morgan fingerprint density at radius 3 is 2.27 bits per heavy atom. The fourth-order valence-corrected chi connectivity index (χ4v) is 6.00. The van der Waals surface area contributed by atoms with E-state index in [2.05, 4.69) is 10.3 Å². The lowest BCUT2D eigenvalue weighted by molar-refractivity contribution is -0.135. The summed E-state index contributed by atoms with van der Waals surface area (Å²) in [5, 5.41) is 2.65. The Hall–Kier alpha value is -3.98. The van der Waals surface area contributed by atoms with Crippen LogP contribution in [0.5, 0.6) is 11.5 Å². The van der Waals surface area contributed by atoms with Crippen LogP contribution in [0.25, 0.3) is 0 Å². The number of carbonyl (C=O) groups excluding carboxylic acids is 3. The number of likely N-dealkylation sites (tertiary alicyclic amines) is 1. The van der Waals surface area contributed by atoms with Crippen LogP contribution >= 0.6 is 0 Å². The zero-order valence-electron chi connectivity index (χ0n) is 26.7. The number of carbonyl (C=O) groups is 3. The number of alkyl carbamates (subject to hydrolysis) is 1. The van der Waals surface area contributed by atoms with E-state index in [1.807, 2.05) is 53.7 Å². The van der Waals surface area contributed by atoms with Crippen molar-refractivity contribution in [1.82, 2.24) is 25.1 Å². The number of benzene rings is 1. The van der Waals surface area contributed by atoms with Crippen molar-refractivity contribution in [3.05, 3.63) is 35.3 Å². The molecular weight excluding hydrogens is 585 g/mol. The van der Waals surface area contributed by atoms with E-state index in [1.165, 1.54) is 7.11 Å². The van der Waals surface area contributed by atoms with Gasteiger partial charge in [0.15, 0.2) is 11.5 Å². The lowest BCUT2D eigenvalue weighted by atomic mass is 9.86. The molecule has 15 heteroatoms. The second-order valence-corrected chi connectivity index (χ2v) is 13.2. The molecule has 5 heterocycles. The average molecular weight is 625 g/mol. The standard InChI is InChI=1S/C30H40BN5O9/c1-16(2)24(34-27(38)40-7)26(37)36-14-19(43-28(39)35-12-17-8-21-22(42-15-41-21)9-18(17)13-35)10-20(36)25-32-11-23(33-25)31-44-29(3,4)30(5,6)45-31/h8-9,11,16,19-20,24H,10,12-15H2,1-7H3,(H,32,33)(H,34,38)/t19?,20-,24?/m0/s1. The van der Waals surface area contributed by atoms with Gasteiger partial charge in [0, 0.05) is 25.7 Å². The maximum atomic E-state index is 14.0. The van der Waals surface area contributed by atoms with Gasteiger partial charge in [0.25, 0.3) is 0 Å². The fraction of sp³-hybridized carbons (Fsp3) is 0.600. The average Bonchev–Trinajstić information content (AvgIpc) is 3.79. The van der Waals surface area contributed by atoms with Crippen molar-refractivity contribution in [2.75, 3.05) is 20.4 Å². The van der Waals surface area contributed by atoms with Crippen molar-refractivity contribution < 1.29 is 42.6 Å². The Kier molecular flexibility index (Phi) is 7.88. The highest BCUT2D eigenvalue weighted by molar-refractivity contribution is 6.61. The predicted molar refractivity (Wildman–Crippen MR) is 160 cm³/mol. The third-order valence-electron chi connectivity index (χ3n) is 9.31. The van der Waals surface area contributed by atoms with Crippen LogP contribution in [0.15, 0.2) is 18.3 Å². The van der Waals surface area contributed by atoms with Gasteiger partial charge in [-0.25, -0.2) is 14.6 Å². The lowest BCUT2D eigenvalue weighted by Gasteiger charge is -2.32. The first-order valence-corrected chi connectivity index (χ1v) is 15.2. The topological polar surface area (TPSA) is 154 Å². The molecule has 4 aliphatic heterocycles. The van der Waals surface area contributed by atoms with E-state index in [0.29, 0.717) is 42.4 Å². The normalized spacial score (nSPS) is 23.3. The van der Waals surface area contributed by atoms with Gasteiger partial charge in [0.05, 0.1) is 36.5 Å². The smallest absolute Gasteiger partial charge is 0.454 e. The molecule has 3 amide bonds. The monoisotopic (exact) mass is 625 g/mol. The first-order chi connectivity index (χ1) is 21.3. The summed E-state index contributed by atoms with van der Waals surface area (Å²) in [7, 11) is 0.549. The summed E-state index contributed by atoms with van der Waals surface area (Å²) in [6.45, 7) is 12.6. The summed E-state index contributed by atoms with van der Waals surface area (Å²) >= 11 is 0. The van der Waals surface area contributed by atoms with E-state index in [0.717, 1.165) is 11.1 Å². The fourth-order valence-electron chi connectivity index (χ4n) is 6.00. The Labute approximate surface area is 262 Å². The van der Waals surface area contributed by atoms with E-state index in [1.54, 1.807) is 16.0 Å². The minimum absolute atomic E-state index is 0.116. The molecule has 0 saturated carbocycles. The minimum Gasteiger partial charge on any atom is -0.454 e. The van der Waals surface area contributed by atoms with E-state index in [4.69, 9.17) is 33.2 Å². The number of methoxy groups -OCH3 is 1. The molecule has 14 nitrogen and oxygen atoms in total. The molecule has 2 unspecified atom stereocenters. The Balaban J connectivity index is 1.20. The molecule has 6 rings (SSSR count). The van der Waals surface area contributed by atoms with Gasteiger partial charge in [0.1, 0.15) is 18.0 Å². The maximum absolute atomic E-state index is 14.0. The van der Waals surface area contributed by atoms with Crippen LogP contribution in [-0.2, 0) is 36.7 Å². The highest BCUT2D eigenvalue weighted by atomic mass is 16.7. The number of amides is 3. The highest BCUT2D eigenvalue weighted by Gasteiger charge is 2.53. The lowest BCUT2D eigenvalue weighted by Crippen LogP contribution is -2.51. The third-order valence-corrected chi connectivity index (χ3v) is 9.31. The van der Waals surface area contributed by atoms with Crippen LogP contribution in [-0.4, -0.2) is 88.8 Å². The molecule has 2 saturated heterocycles. The second kappa shape index (κ2) is 11.4. The number of rotatable bonds is 6. The van der Waals surface area contributed by atoms with Gasteiger partial charge in [-0.15, -0.1) is 0 Å². The second-order valence-electron chi connectivity index (χ2n) is 13.2. The van der Waals surface area contributed by atoms with E-state index < -0.39 is 48.7 Å². The summed E-state index contributed by atoms with van der Waals surface area (Å²) in [4.78, 5) is 50.7.